The quantitative estimate of drug-likeness (QED) is 0.558. The number of hydrogen-bond donors (Lipinski definition) is 0. The first-order chi connectivity index (χ1) is 13.1. The summed E-state index contributed by atoms with van der Waals surface area (Å²) in [7, 11) is 1.17. The van der Waals surface area contributed by atoms with Crippen LogP contribution >= 0.6 is 11.3 Å². The maximum atomic E-state index is 13.1. The Labute approximate surface area is 160 Å². The third-order valence-electron chi connectivity index (χ3n) is 3.85. The first-order valence-corrected chi connectivity index (χ1v) is 8.63. The van der Waals surface area contributed by atoms with E-state index in [1.54, 1.807) is 0 Å². The average Bonchev–Trinajstić information content (AvgIpc) is 3.18. The Morgan fingerprint density at radius 2 is 1.86 bits per heavy atom. The van der Waals surface area contributed by atoms with Crippen LogP contribution in [-0.4, -0.2) is 24.9 Å². The lowest BCUT2D eigenvalue weighted by molar-refractivity contribution is -0.137. The highest BCUT2D eigenvalue weighted by Crippen LogP contribution is 2.41. The number of ether oxygens (including phenoxy) is 2. The number of thiophene rings is 1. The monoisotopic (exact) mass is 411 g/mol. The van der Waals surface area contributed by atoms with Gasteiger partial charge in [0.15, 0.2) is 16.4 Å². The van der Waals surface area contributed by atoms with Crippen LogP contribution in [0.1, 0.15) is 22.2 Å². The van der Waals surface area contributed by atoms with Gasteiger partial charge in [-0.2, -0.15) is 13.2 Å². The molecule has 0 N–H and O–H groups in total. The second-order valence-electron chi connectivity index (χ2n) is 5.69. The van der Waals surface area contributed by atoms with Crippen LogP contribution in [0.2, 0.25) is 0 Å². The van der Waals surface area contributed by atoms with E-state index in [9.17, 15) is 27.6 Å². The fourth-order valence-corrected chi connectivity index (χ4v) is 3.24. The van der Waals surface area contributed by atoms with Crippen molar-refractivity contribution in [2.75, 3.05) is 12.0 Å². The van der Waals surface area contributed by atoms with Gasteiger partial charge in [-0.3, -0.25) is 9.59 Å². The van der Waals surface area contributed by atoms with Gasteiger partial charge in [-0.25, -0.2) is 9.69 Å². The second-order valence-corrected chi connectivity index (χ2v) is 6.61. The van der Waals surface area contributed by atoms with Gasteiger partial charge in [0, 0.05) is 11.6 Å². The van der Waals surface area contributed by atoms with Crippen LogP contribution in [0.3, 0.4) is 0 Å². The summed E-state index contributed by atoms with van der Waals surface area (Å²) in [5.74, 6) is -2.40. The number of amides is 2. The van der Waals surface area contributed by atoms with E-state index in [1.807, 2.05) is 0 Å². The molecular weight excluding hydrogens is 399 g/mol. The summed E-state index contributed by atoms with van der Waals surface area (Å²) >= 11 is 1.01. The number of alkyl halides is 3. The van der Waals surface area contributed by atoms with Crippen LogP contribution in [0.4, 0.5) is 18.9 Å². The largest absolute Gasteiger partial charge is 0.465 e. The predicted molar refractivity (Wildman–Crippen MR) is 93.4 cm³/mol. The molecule has 1 aromatic carbocycles. The smallest absolute Gasteiger partial charge is 0.416 e. The third-order valence-corrected chi connectivity index (χ3v) is 4.72. The Kier molecular flexibility index (Phi) is 4.99. The minimum absolute atomic E-state index is 0.0293. The number of nitrogens with zero attached hydrogens (tertiary/aromatic N) is 1. The molecule has 0 fully saturated rings. The Morgan fingerprint density at radius 3 is 2.43 bits per heavy atom. The molecule has 2 aromatic rings. The SMILES string of the molecule is COC(=O)c1sccc1Oc1ccc(C(F)(F)F)cc1N1C(=O)C=C(C)C1=O. The molecule has 2 heterocycles. The number of rotatable bonds is 4. The van der Waals surface area contributed by atoms with Gasteiger partial charge in [-0.15, -0.1) is 11.3 Å². The number of hydrogen-bond acceptors (Lipinski definition) is 6. The Hall–Kier alpha value is -3.14. The number of methoxy groups -OCH3 is 1. The van der Waals surface area contributed by atoms with Crippen molar-refractivity contribution in [2.24, 2.45) is 0 Å². The lowest BCUT2D eigenvalue weighted by atomic mass is 10.1. The molecule has 0 radical (unpaired) electrons. The maximum absolute atomic E-state index is 13.1. The van der Waals surface area contributed by atoms with Gasteiger partial charge < -0.3 is 9.47 Å². The van der Waals surface area contributed by atoms with Gasteiger partial charge in [0.05, 0.1) is 18.4 Å². The fourth-order valence-electron chi connectivity index (χ4n) is 2.51. The van der Waals surface area contributed by atoms with Crippen molar-refractivity contribution < 1.29 is 37.0 Å². The summed E-state index contributed by atoms with van der Waals surface area (Å²) in [5.41, 5.74) is -1.35. The van der Waals surface area contributed by atoms with Gasteiger partial charge in [-0.1, -0.05) is 0 Å². The van der Waals surface area contributed by atoms with Crippen molar-refractivity contribution in [1.29, 1.82) is 0 Å². The highest BCUT2D eigenvalue weighted by Gasteiger charge is 2.36. The van der Waals surface area contributed by atoms with Crippen LogP contribution in [0.15, 0.2) is 41.3 Å². The van der Waals surface area contributed by atoms with E-state index in [-0.39, 0.29) is 27.6 Å². The number of halogens is 3. The van der Waals surface area contributed by atoms with Gasteiger partial charge >= 0.3 is 12.1 Å². The van der Waals surface area contributed by atoms with Crippen molar-refractivity contribution in [3.63, 3.8) is 0 Å². The summed E-state index contributed by atoms with van der Waals surface area (Å²) in [6.45, 7) is 1.38. The van der Waals surface area contributed by atoms with Crippen molar-refractivity contribution in [2.45, 2.75) is 13.1 Å². The summed E-state index contributed by atoms with van der Waals surface area (Å²) in [5, 5.41) is 1.53. The molecule has 0 spiro atoms. The lowest BCUT2D eigenvalue weighted by Gasteiger charge is -2.20. The van der Waals surface area contributed by atoms with E-state index in [4.69, 9.17) is 4.74 Å². The number of carbonyl (C=O) groups is 3. The van der Waals surface area contributed by atoms with Crippen LogP contribution in [0.25, 0.3) is 0 Å². The van der Waals surface area contributed by atoms with Gasteiger partial charge in [0.25, 0.3) is 11.8 Å². The standard InChI is InChI=1S/C18H12F3NO5S/c1-9-7-14(23)22(16(9)24)11-8-10(18(19,20)21)3-4-12(11)27-13-5-6-28-15(13)17(25)26-2/h3-8H,1-2H3. The molecule has 0 atom stereocenters. The van der Waals surface area contributed by atoms with E-state index >= 15 is 0 Å². The summed E-state index contributed by atoms with van der Waals surface area (Å²) in [6.07, 6.45) is -3.67. The Bertz CT molecular complexity index is 1010. The number of benzene rings is 1. The van der Waals surface area contributed by atoms with E-state index in [0.717, 1.165) is 29.5 Å². The zero-order valence-corrected chi connectivity index (χ0v) is 15.3. The molecule has 3 rings (SSSR count). The zero-order chi connectivity index (χ0) is 20.6. The predicted octanol–water partition coefficient (Wildman–Crippen LogP) is 4.17. The number of anilines is 1. The van der Waals surface area contributed by atoms with Gasteiger partial charge in [-0.05, 0) is 36.6 Å². The van der Waals surface area contributed by atoms with Crippen LogP contribution in [0.5, 0.6) is 11.5 Å². The molecular formula is C18H12F3NO5S. The molecule has 0 unspecified atom stereocenters. The highest BCUT2D eigenvalue weighted by atomic mass is 32.1. The fraction of sp³-hybridized carbons (Fsp3) is 0.167. The second kappa shape index (κ2) is 7.12. The van der Waals surface area contributed by atoms with E-state index in [2.05, 4.69) is 4.74 Å². The molecule has 0 saturated carbocycles. The molecule has 0 aliphatic carbocycles. The van der Waals surface area contributed by atoms with Crippen molar-refractivity contribution >= 4 is 34.8 Å². The van der Waals surface area contributed by atoms with Crippen molar-refractivity contribution in [1.82, 2.24) is 0 Å². The lowest BCUT2D eigenvalue weighted by Crippen LogP contribution is -2.31. The number of esters is 1. The van der Waals surface area contributed by atoms with Crippen LogP contribution in [0, 0.1) is 0 Å². The molecule has 6 nitrogen and oxygen atoms in total. The number of imide groups is 1. The molecule has 1 aliphatic heterocycles. The van der Waals surface area contributed by atoms with E-state index < -0.39 is 29.5 Å². The molecule has 0 saturated heterocycles. The molecule has 146 valence electrons. The minimum atomic E-state index is -4.69. The normalized spacial score (nSPS) is 14.3. The Balaban J connectivity index is 2.09. The van der Waals surface area contributed by atoms with E-state index in [1.165, 1.54) is 25.5 Å². The molecule has 1 aromatic heterocycles. The molecule has 10 heteroatoms. The topological polar surface area (TPSA) is 72.9 Å². The van der Waals surface area contributed by atoms with Crippen LogP contribution < -0.4 is 9.64 Å². The molecule has 0 bridgehead atoms. The summed E-state index contributed by atoms with van der Waals surface area (Å²) in [4.78, 5) is 36.9. The van der Waals surface area contributed by atoms with Crippen molar-refractivity contribution in [3.05, 3.63) is 51.7 Å². The van der Waals surface area contributed by atoms with Crippen molar-refractivity contribution in [3.8, 4) is 11.5 Å². The molecule has 2 amide bonds. The van der Waals surface area contributed by atoms with Gasteiger partial charge in [0.1, 0.15) is 0 Å². The number of carbonyl (C=O) groups excluding carboxylic acids is 3. The van der Waals surface area contributed by atoms with Gasteiger partial charge in [0.2, 0.25) is 0 Å². The third kappa shape index (κ3) is 3.50. The molecule has 1 aliphatic rings. The Morgan fingerprint density at radius 1 is 1.14 bits per heavy atom. The summed E-state index contributed by atoms with van der Waals surface area (Å²) in [6, 6.07) is 3.83. The summed E-state index contributed by atoms with van der Waals surface area (Å²) < 4.78 is 49.7. The average molecular weight is 411 g/mol. The zero-order valence-electron chi connectivity index (χ0n) is 14.5. The molecule has 28 heavy (non-hydrogen) atoms. The van der Waals surface area contributed by atoms with E-state index in [0.29, 0.717) is 11.0 Å². The minimum Gasteiger partial charge on any atom is -0.465 e. The first-order valence-electron chi connectivity index (χ1n) is 7.75. The first kappa shape index (κ1) is 19.6. The maximum Gasteiger partial charge on any atom is 0.416 e. The highest BCUT2D eigenvalue weighted by molar-refractivity contribution is 7.12. The van der Waals surface area contributed by atoms with Crippen LogP contribution in [-0.2, 0) is 20.5 Å².